The van der Waals surface area contributed by atoms with E-state index in [1.165, 1.54) is 25.9 Å². The van der Waals surface area contributed by atoms with Gasteiger partial charge in [-0.2, -0.15) is 0 Å². The van der Waals surface area contributed by atoms with Gasteiger partial charge in [0, 0.05) is 7.05 Å². The average molecular weight is 127 g/mol. The van der Waals surface area contributed by atoms with Crippen LogP contribution in [0.2, 0.25) is 0 Å². The molecule has 1 radical (unpaired) electrons. The van der Waals surface area contributed by atoms with E-state index in [1.807, 2.05) is 7.05 Å². The van der Waals surface area contributed by atoms with Crippen molar-refractivity contribution in [2.45, 2.75) is 25.9 Å². The molecule has 1 heterocycles. The van der Waals surface area contributed by atoms with Crippen molar-refractivity contribution in [3.8, 4) is 0 Å². The van der Waals surface area contributed by atoms with Crippen molar-refractivity contribution in [2.75, 3.05) is 20.1 Å². The molecule has 0 aromatic rings. The van der Waals surface area contributed by atoms with Gasteiger partial charge < -0.3 is 0 Å². The van der Waals surface area contributed by atoms with Crippen LogP contribution in [0, 0.1) is 0 Å². The normalized spacial score (nSPS) is 24.7. The summed E-state index contributed by atoms with van der Waals surface area (Å²) in [6.07, 6.45) is 3.17. The van der Waals surface area contributed by atoms with Gasteiger partial charge in [-0.1, -0.05) is 0 Å². The maximum Gasteiger partial charge on any atom is 0.0728 e. The Labute approximate surface area is 57.2 Å². The monoisotopic (exact) mass is 127 g/mol. The van der Waals surface area contributed by atoms with Crippen LogP contribution in [-0.2, 0) is 0 Å². The first-order valence-corrected chi connectivity index (χ1v) is 3.67. The first kappa shape index (κ1) is 7.03. The van der Waals surface area contributed by atoms with Gasteiger partial charge in [0.1, 0.15) is 0 Å². The Hall–Kier alpha value is -0.0800. The van der Waals surface area contributed by atoms with Gasteiger partial charge in [0.25, 0.3) is 0 Å². The molecule has 0 saturated carbocycles. The minimum atomic E-state index is 0.451. The number of nitrogens with zero attached hydrogens (tertiary/aromatic N) is 2. The fourth-order valence-electron chi connectivity index (χ4n) is 1.28. The van der Waals surface area contributed by atoms with Crippen LogP contribution in [0.1, 0.15) is 19.8 Å². The zero-order valence-corrected chi connectivity index (χ0v) is 6.30. The van der Waals surface area contributed by atoms with Crippen LogP contribution < -0.4 is 5.32 Å². The molecule has 2 nitrogen and oxygen atoms in total. The SMILES string of the molecule is C[N]C(C)N1CCCC1. The third-order valence-corrected chi connectivity index (χ3v) is 2.04. The summed E-state index contributed by atoms with van der Waals surface area (Å²) in [5.41, 5.74) is 0. The van der Waals surface area contributed by atoms with Crippen molar-refractivity contribution >= 4 is 0 Å². The molecule has 1 unspecified atom stereocenters. The Morgan fingerprint density at radius 2 is 1.89 bits per heavy atom. The maximum atomic E-state index is 4.20. The number of likely N-dealkylation sites (tertiary alicyclic amines) is 1. The lowest BCUT2D eigenvalue weighted by molar-refractivity contribution is 0.227. The molecule has 9 heavy (non-hydrogen) atoms. The first-order chi connectivity index (χ1) is 4.34. The van der Waals surface area contributed by atoms with Crippen LogP contribution >= 0.6 is 0 Å². The Bertz CT molecular complexity index is 77.0. The summed E-state index contributed by atoms with van der Waals surface area (Å²) in [6, 6.07) is 0. The molecule has 0 bridgehead atoms. The molecular weight excluding hydrogens is 112 g/mol. The highest BCUT2D eigenvalue weighted by atomic mass is 15.3. The lowest BCUT2D eigenvalue weighted by atomic mass is 10.4. The molecular formula is C7H15N2. The highest BCUT2D eigenvalue weighted by Gasteiger charge is 2.16. The van der Waals surface area contributed by atoms with Crippen LogP contribution in [-0.4, -0.2) is 31.2 Å². The van der Waals surface area contributed by atoms with Crippen LogP contribution in [0.4, 0.5) is 0 Å². The number of hydrogen-bond acceptors (Lipinski definition) is 1. The van der Waals surface area contributed by atoms with Gasteiger partial charge in [-0.3, -0.25) is 4.90 Å². The topological polar surface area (TPSA) is 17.3 Å². The summed E-state index contributed by atoms with van der Waals surface area (Å²) in [5, 5.41) is 4.20. The first-order valence-electron chi connectivity index (χ1n) is 3.67. The van der Waals surface area contributed by atoms with Crippen molar-refractivity contribution in [1.82, 2.24) is 10.2 Å². The predicted octanol–water partition coefficient (Wildman–Crippen LogP) is 0.662. The minimum Gasteiger partial charge on any atom is -0.287 e. The lowest BCUT2D eigenvalue weighted by Gasteiger charge is -2.20. The molecule has 0 N–H and O–H groups in total. The molecule has 1 fully saturated rings. The third kappa shape index (κ3) is 1.66. The van der Waals surface area contributed by atoms with E-state index < -0.39 is 0 Å². The van der Waals surface area contributed by atoms with E-state index in [2.05, 4.69) is 17.1 Å². The molecule has 0 amide bonds. The molecule has 1 aliphatic heterocycles. The van der Waals surface area contributed by atoms with Crippen LogP contribution in [0.3, 0.4) is 0 Å². The minimum absolute atomic E-state index is 0.451. The van der Waals surface area contributed by atoms with Gasteiger partial charge in [-0.25, -0.2) is 5.32 Å². The molecule has 0 aromatic carbocycles. The number of rotatable bonds is 2. The molecule has 1 aliphatic rings. The summed E-state index contributed by atoms with van der Waals surface area (Å²) in [4.78, 5) is 2.42. The highest BCUT2D eigenvalue weighted by Crippen LogP contribution is 2.09. The summed E-state index contributed by atoms with van der Waals surface area (Å²) in [6.45, 7) is 4.66. The van der Waals surface area contributed by atoms with Crippen LogP contribution in [0.5, 0.6) is 0 Å². The second kappa shape index (κ2) is 3.18. The van der Waals surface area contributed by atoms with Gasteiger partial charge in [-0.05, 0) is 32.9 Å². The maximum absolute atomic E-state index is 4.20. The van der Waals surface area contributed by atoms with Gasteiger partial charge >= 0.3 is 0 Å². The zero-order chi connectivity index (χ0) is 6.69. The standard InChI is InChI=1S/C7H15N2/c1-7(8-2)9-5-3-4-6-9/h7H,3-6H2,1-2H3. The van der Waals surface area contributed by atoms with E-state index in [0.29, 0.717) is 6.17 Å². The van der Waals surface area contributed by atoms with Gasteiger partial charge in [0.15, 0.2) is 0 Å². The zero-order valence-electron chi connectivity index (χ0n) is 6.30. The van der Waals surface area contributed by atoms with Crippen molar-refractivity contribution in [3.05, 3.63) is 0 Å². The van der Waals surface area contributed by atoms with Crippen LogP contribution in [0.15, 0.2) is 0 Å². The summed E-state index contributed by atoms with van der Waals surface area (Å²) in [5.74, 6) is 0. The molecule has 0 aliphatic carbocycles. The van der Waals surface area contributed by atoms with E-state index in [1.54, 1.807) is 0 Å². The van der Waals surface area contributed by atoms with E-state index in [-0.39, 0.29) is 0 Å². The van der Waals surface area contributed by atoms with Gasteiger partial charge in [0.2, 0.25) is 0 Å². The smallest absolute Gasteiger partial charge is 0.0728 e. The quantitative estimate of drug-likeness (QED) is 0.532. The van der Waals surface area contributed by atoms with E-state index in [4.69, 9.17) is 0 Å². The molecule has 0 spiro atoms. The Morgan fingerprint density at radius 3 is 2.33 bits per heavy atom. The third-order valence-electron chi connectivity index (χ3n) is 2.04. The van der Waals surface area contributed by atoms with E-state index in [0.717, 1.165) is 0 Å². The van der Waals surface area contributed by atoms with Gasteiger partial charge in [-0.15, -0.1) is 0 Å². The fourth-order valence-corrected chi connectivity index (χ4v) is 1.28. The largest absolute Gasteiger partial charge is 0.287 e. The van der Waals surface area contributed by atoms with Crippen molar-refractivity contribution < 1.29 is 0 Å². The van der Waals surface area contributed by atoms with Crippen molar-refractivity contribution in [2.24, 2.45) is 0 Å². The predicted molar refractivity (Wildman–Crippen MR) is 38.3 cm³/mol. The molecule has 1 saturated heterocycles. The molecule has 53 valence electrons. The number of hydrogen-bond donors (Lipinski definition) is 0. The second-order valence-corrected chi connectivity index (χ2v) is 2.63. The van der Waals surface area contributed by atoms with Gasteiger partial charge in [0.05, 0.1) is 6.17 Å². The molecule has 1 rings (SSSR count). The summed E-state index contributed by atoms with van der Waals surface area (Å²) in [7, 11) is 1.89. The lowest BCUT2D eigenvalue weighted by Crippen LogP contribution is -2.35. The van der Waals surface area contributed by atoms with Crippen molar-refractivity contribution in [1.29, 1.82) is 0 Å². The van der Waals surface area contributed by atoms with Crippen molar-refractivity contribution in [3.63, 3.8) is 0 Å². The Morgan fingerprint density at radius 1 is 1.33 bits per heavy atom. The van der Waals surface area contributed by atoms with Crippen LogP contribution in [0.25, 0.3) is 0 Å². The Kier molecular flexibility index (Phi) is 2.49. The Balaban J connectivity index is 2.24. The van der Waals surface area contributed by atoms with E-state index >= 15 is 0 Å². The second-order valence-electron chi connectivity index (χ2n) is 2.63. The molecule has 1 atom stereocenters. The van der Waals surface area contributed by atoms with E-state index in [9.17, 15) is 0 Å². The summed E-state index contributed by atoms with van der Waals surface area (Å²) >= 11 is 0. The fraction of sp³-hybridized carbons (Fsp3) is 1.00. The average Bonchev–Trinajstić information content (AvgIpc) is 2.37. The highest BCUT2D eigenvalue weighted by molar-refractivity contribution is 4.69. The summed E-state index contributed by atoms with van der Waals surface area (Å²) < 4.78 is 0. The molecule has 2 heteroatoms. The molecule has 0 aromatic heterocycles.